The molecule has 0 bridgehead atoms. The van der Waals surface area contributed by atoms with Crippen LogP contribution in [-0.2, 0) is 9.59 Å². The van der Waals surface area contributed by atoms with Crippen molar-refractivity contribution in [2.75, 3.05) is 6.54 Å². The van der Waals surface area contributed by atoms with Crippen LogP contribution in [-0.4, -0.2) is 45.7 Å². The van der Waals surface area contributed by atoms with Gasteiger partial charge in [0.05, 0.1) is 6.10 Å². The SMILES string of the molecule is CCCCCCC(=O)N1CC(O)C[C@H]1C(=O)O. The second-order valence-electron chi connectivity index (χ2n) is 4.60. The number of nitrogens with zero attached hydrogens (tertiary/aromatic N) is 1. The van der Waals surface area contributed by atoms with Gasteiger partial charge in [0, 0.05) is 19.4 Å². The number of aliphatic hydroxyl groups is 1. The van der Waals surface area contributed by atoms with E-state index in [1.807, 2.05) is 0 Å². The molecule has 1 aliphatic rings. The molecule has 1 heterocycles. The Morgan fingerprint density at radius 2 is 2.00 bits per heavy atom. The van der Waals surface area contributed by atoms with E-state index >= 15 is 0 Å². The summed E-state index contributed by atoms with van der Waals surface area (Å²) in [5.41, 5.74) is 0. The molecular formula is C12H21NO4. The minimum atomic E-state index is -1.02. The van der Waals surface area contributed by atoms with Crippen LogP contribution in [0, 0.1) is 0 Å². The van der Waals surface area contributed by atoms with Gasteiger partial charge in [0.1, 0.15) is 6.04 Å². The van der Waals surface area contributed by atoms with E-state index in [-0.39, 0.29) is 18.9 Å². The third-order valence-electron chi connectivity index (χ3n) is 3.13. The first-order valence-electron chi connectivity index (χ1n) is 6.26. The summed E-state index contributed by atoms with van der Waals surface area (Å²) in [6.07, 6.45) is 3.83. The van der Waals surface area contributed by atoms with Crippen LogP contribution in [0.25, 0.3) is 0 Å². The number of β-amino-alcohol motifs (C(OH)–C–C–N with tert-alkyl or cyclic N) is 1. The van der Waals surface area contributed by atoms with Crippen molar-refractivity contribution in [3.8, 4) is 0 Å². The van der Waals surface area contributed by atoms with Gasteiger partial charge >= 0.3 is 5.97 Å². The molecule has 1 amide bonds. The zero-order valence-corrected chi connectivity index (χ0v) is 10.3. The molecule has 2 N–H and O–H groups in total. The molecule has 1 rings (SSSR count). The Kier molecular flexibility index (Phi) is 5.41. The van der Waals surface area contributed by atoms with Crippen LogP contribution in [0.3, 0.4) is 0 Å². The highest BCUT2D eigenvalue weighted by Gasteiger charge is 2.38. The predicted octanol–water partition coefficient (Wildman–Crippen LogP) is 1.00. The first-order valence-corrected chi connectivity index (χ1v) is 6.26. The summed E-state index contributed by atoms with van der Waals surface area (Å²) in [4.78, 5) is 24.1. The lowest BCUT2D eigenvalue weighted by Gasteiger charge is -2.21. The van der Waals surface area contributed by atoms with Crippen LogP contribution in [0.5, 0.6) is 0 Å². The summed E-state index contributed by atoms with van der Waals surface area (Å²) in [5.74, 6) is -1.17. The van der Waals surface area contributed by atoms with Gasteiger partial charge in [-0.1, -0.05) is 26.2 Å². The molecule has 5 heteroatoms. The number of hydrogen-bond donors (Lipinski definition) is 2. The average Bonchev–Trinajstić information content (AvgIpc) is 2.66. The number of aliphatic hydroxyl groups excluding tert-OH is 1. The van der Waals surface area contributed by atoms with Gasteiger partial charge in [-0.25, -0.2) is 4.79 Å². The van der Waals surface area contributed by atoms with Gasteiger partial charge in [0.25, 0.3) is 0 Å². The second-order valence-corrected chi connectivity index (χ2v) is 4.60. The Morgan fingerprint density at radius 1 is 1.29 bits per heavy atom. The number of carbonyl (C=O) groups excluding carboxylic acids is 1. The van der Waals surface area contributed by atoms with E-state index in [2.05, 4.69) is 6.92 Å². The molecule has 1 aliphatic heterocycles. The van der Waals surface area contributed by atoms with E-state index in [0.717, 1.165) is 25.7 Å². The van der Waals surface area contributed by atoms with E-state index < -0.39 is 18.1 Å². The average molecular weight is 243 g/mol. The molecule has 2 atom stereocenters. The van der Waals surface area contributed by atoms with Crippen LogP contribution in [0.15, 0.2) is 0 Å². The van der Waals surface area contributed by atoms with Crippen LogP contribution in [0.4, 0.5) is 0 Å². The first kappa shape index (κ1) is 14.0. The zero-order chi connectivity index (χ0) is 12.8. The molecule has 1 saturated heterocycles. The molecular weight excluding hydrogens is 222 g/mol. The summed E-state index contributed by atoms with van der Waals surface area (Å²) in [7, 11) is 0. The maximum absolute atomic E-state index is 11.8. The van der Waals surface area contributed by atoms with Crippen LogP contribution in [0.1, 0.15) is 45.4 Å². The van der Waals surface area contributed by atoms with Gasteiger partial charge in [-0.05, 0) is 6.42 Å². The van der Waals surface area contributed by atoms with Crippen molar-refractivity contribution in [2.24, 2.45) is 0 Å². The van der Waals surface area contributed by atoms with E-state index in [1.165, 1.54) is 4.90 Å². The van der Waals surface area contributed by atoms with Gasteiger partial charge in [0.2, 0.25) is 5.91 Å². The number of hydrogen-bond acceptors (Lipinski definition) is 3. The standard InChI is InChI=1S/C12H21NO4/c1-2-3-4-5-6-11(15)13-8-9(14)7-10(13)12(16)17/h9-10,14H,2-8H2,1H3,(H,16,17)/t9?,10-/m0/s1. The molecule has 1 unspecified atom stereocenters. The Morgan fingerprint density at radius 3 is 2.59 bits per heavy atom. The van der Waals surface area contributed by atoms with Gasteiger partial charge in [-0.3, -0.25) is 4.79 Å². The van der Waals surface area contributed by atoms with Gasteiger partial charge < -0.3 is 15.1 Å². The summed E-state index contributed by atoms with van der Waals surface area (Å²) >= 11 is 0. The summed E-state index contributed by atoms with van der Waals surface area (Å²) < 4.78 is 0. The third kappa shape index (κ3) is 4.00. The molecule has 0 aromatic carbocycles. The van der Waals surface area contributed by atoms with Crippen molar-refractivity contribution in [1.82, 2.24) is 4.90 Å². The summed E-state index contributed by atoms with van der Waals surface area (Å²) in [5, 5.41) is 18.4. The second kappa shape index (κ2) is 6.59. The quantitative estimate of drug-likeness (QED) is 0.682. The Labute approximate surface area is 101 Å². The molecule has 17 heavy (non-hydrogen) atoms. The lowest BCUT2D eigenvalue weighted by atomic mass is 10.1. The first-order chi connectivity index (χ1) is 8.06. The minimum absolute atomic E-state index is 0.148. The Balaban J connectivity index is 2.41. The number of aliphatic carboxylic acids is 1. The van der Waals surface area contributed by atoms with E-state index in [0.29, 0.717) is 6.42 Å². The summed E-state index contributed by atoms with van der Waals surface area (Å²) in [6, 6.07) is -0.844. The number of carbonyl (C=O) groups is 2. The molecule has 5 nitrogen and oxygen atoms in total. The topological polar surface area (TPSA) is 77.8 Å². The van der Waals surface area contributed by atoms with Crippen molar-refractivity contribution in [3.05, 3.63) is 0 Å². The molecule has 98 valence electrons. The molecule has 0 saturated carbocycles. The lowest BCUT2D eigenvalue weighted by Crippen LogP contribution is -2.40. The van der Waals surface area contributed by atoms with Crippen molar-refractivity contribution < 1.29 is 19.8 Å². The number of carboxylic acid groups (broad SMARTS) is 1. The van der Waals surface area contributed by atoms with Crippen molar-refractivity contribution in [3.63, 3.8) is 0 Å². The number of carboxylic acids is 1. The molecule has 0 aliphatic carbocycles. The summed E-state index contributed by atoms with van der Waals surface area (Å²) in [6.45, 7) is 2.25. The monoisotopic (exact) mass is 243 g/mol. The fourth-order valence-corrected chi connectivity index (χ4v) is 2.17. The van der Waals surface area contributed by atoms with Gasteiger partial charge in [-0.15, -0.1) is 0 Å². The van der Waals surface area contributed by atoms with Crippen LogP contribution >= 0.6 is 0 Å². The fraction of sp³-hybridized carbons (Fsp3) is 0.833. The molecule has 0 spiro atoms. The normalized spacial score (nSPS) is 24.0. The fourth-order valence-electron chi connectivity index (χ4n) is 2.17. The highest BCUT2D eigenvalue weighted by Crippen LogP contribution is 2.20. The van der Waals surface area contributed by atoms with Crippen LogP contribution in [0.2, 0.25) is 0 Å². The Bertz CT molecular complexity index is 280. The third-order valence-corrected chi connectivity index (χ3v) is 3.13. The lowest BCUT2D eigenvalue weighted by molar-refractivity contribution is -0.148. The van der Waals surface area contributed by atoms with E-state index in [9.17, 15) is 14.7 Å². The number of unbranched alkanes of at least 4 members (excludes halogenated alkanes) is 3. The smallest absolute Gasteiger partial charge is 0.326 e. The van der Waals surface area contributed by atoms with Crippen molar-refractivity contribution in [2.45, 2.75) is 57.6 Å². The van der Waals surface area contributed by atoms with Gasteiger partial charge in [-0.2, -0.15) is 0 Å². The maximum atomic E-state index is 11.8. The Hall–Kier alpha value is -1.10. The molecule has 1 fully saturated rings. The zero-order valence-electron chi connectivity index (χ0n) is 10.3. The van der Waals surface area contributed by atoms with Gasteiger partial charge in [0.15, 0.2) is 0 Å². The molecule has 0 aromatic heterocycles. The molecule has 0 radical (unpaired) electrons. The largest absolute Gasteiger partial charge is 0.480 e. The van der Waals surface area contributed by atoms with E-state index in [1.54, 1.807) is 0 Å². The minimum Gasteiger partial charge on any atom is -0.480 e. The van der Waals surface area contributed by atoms with Crippen LogP contribution < -0.4 is 0 Å². The van der Waals surface area contributed by atoms with Crippen molar-refractivity contribution >= 4 is 11.9 Å². The highest BCUT2D eigenvalue weighted by molar-refractivity contribution is 5.84. The number of likely N-dealkylation sites (tertiary alicyclic amines) is 1. The highest BCUT2D eigenvalue weighted by atomic mass is 16.4. The predicted molar refractivity (Wildman–Crippen MR) is 62.5 cm³/mol. The van der Waals surface area contributed by atoms with Crippen molar-refractivity contribution in [1.29, 1.82) is 0 Å². The molecule has 0 aromatic rings. The van der Waals surface area contributed by atoms with E-state index in [4.69, 9.17) is 5.11 Å². The maximum Gasteiger partial charge on any atom is 0.326 e. The number of amides is 1. The number of rotatable bonds is 6.